The Balaban J connectivity index is 0.000000181. The second kappa shape index (κ2) is 6.31. The predicted octanol–water partition coefficient (Wildman–Crippen LogP) is -0.394. The summed E-state index contributed by atoms with van der Waals surface area (Å²) in [5.74, 6) is -1.09. The first-order valence-electron chi connectivity index (χ1n) is 4.73. The first-order valence-corrected chi connectivity index (χ1v) is 4.73. The van der Waals surface area contributed by atoms with E-state index in [4.69, 9.17) is 5.11 Å². The number of cyclic esters (lactones) is 1. The van der Waals surface area contributed by atoms with E-state index in [-0.39, 0.29) is 25.2 Å². The topological polar surface area (TPSA) is 106 Å². The molecule has 17 heavy (non-hydrogen) atoms. The van der Waals surface area contributed by atoms with Crippen molar-refractivity contribution < 1.29 is 24.2 Å². The first-order chi connectivity index (χ1) is 8.08. The highest BCUT2D eigenvalue weighted by molar-refractivity contribution is 6.01. The van der Waals surface area contributed by atoms with Crippen molar-refractivity contribution in [3.8, 4) is 0 Å². The molecular formula is C10H10N2O5. The second-order valence-electron chi connectivity index (χ2n) is 3.11. The monoisotopic (exact) mass is 238 g/mol. The smallest absolute Gasteiger partial charge is 0.313 e. The number of carboxylic acid groups (broad SMARTS) is 1. The SMILES string of the molecule is O=C(O)Cc1ncccn1.O=C1COC(=O)C1. The lowest BCUT2D eigenvalue weighted by molar-refractivity contribution is -0.138. The Morgan fingerprint density at radius 3 is 2.35 bits per heavy atom. The normalized spacial score (nSPS) is 13.6. The van der Waals surface area contributed by atoms with Crippen LogP contribution in [0.5, 0.6) is 0 Å². The van der Waals surface area contributed by atoms with Crippen molar-refractivity contribution in [1.82, 2.24) is 9.97 Å². The number of aliphatic carboxylic acids is 1. The lowest BCUT2D eigenvalue weighted by Gasteiger charge is -1.90. The molecule has 1 saturated heterocycles. The van der Waals surface area contributed by atoms with Crippen molar-refractivity contribution in [3.05, 3.63) is 24.3 Å². The largest absolute Gasteiger partial charge is 0.481 e. The van der Waals surface area contributed by atoms with Gasteiger partial charge in [-0.3, -0.25) is 14.4 Å². The minimum Gasteiger partial charge on any atom is -0.481 e. The Bertz CT molecular complexity index is 404. The van der Waals surface area contributed by atoms with Crippen molar-refractivity contribution in [2.24, 2.45) is 0 Å². The number of hydrogen-bond donors (Lipinski definition) is 1. The lowest BCUT2D eigenvalue weighted by atomic mass is 10.3. The molecule has 0 saturated carbocycles. The summed E-state index contributed by atoms with van der Waals surface area (Å²) in [6.07, 6.45) is 2.90. The summed E-state index contributed by atoms with van der Waals surface area (Å²) >= 11 is 0. The van der Waals surface area contributed by atoms with Gasteiger partial charge in [0.1, 0.15) is 18.7 Å². The van der Waals surface area contributed by atoms with Gasteiger partial charge in [0.25, 0.3) is 0 Å². The molecule has 2 heterocycles. The predicted molar refractivity (Wildman–Crippen MR) is 54.0 cm³/mol. The molecule has 0 radical (unpaired) electrons. The van der Waals surface area contributed by atoms with E-state index in [0.717, 1.165) is 0 Å². The average Bonchev–Trinajstić information content (AvgIpc) is 2.64. The molecule has 1 fully saturated rings. The zero-order valence-electron chi connectivity index (χ0n) is 8.83. The quantitative estimate of drug-likeness (QED) is 0.552. The van der Waals surface area contributed by atoms with E-state index in [2.05, 4.69) is 14.7 Å². The molecule has 1 aromatic rings. The second-order valence-corrected chi connectivity index (χ2v) is 3.11. The molecule has 1 aliphatic rings. The molecule has 2 rings (SSSR count). The summed E-state index contributed by atoms with van der Waals surface area (Å²) in [5.41, 5.74) is 0. The number of Topliss-reactive ketones (excluding diaryl/α,β-unsaturated/α-hetero) is 1. The van der Waals surface area contributed by atoms with Crippen molar-refractivity contribution in [1.29, 1.82) is 0 Å². The number of rotatable bonds is 2. The molecule has 7 heteroatoms. The molecular weight excluding hydrogens is 228 g/mol. The zero-order valence-corrected chi connectivity index (χ0v) is 8.83. The molecule has 0 atom stereocenters. The van der Waals surface area contributed by atoms with Crippen LogP contribution in [0.25, 0.3) is 0 Å². The molecule has 0 aromatic carbocycles. The van der Waals surface area contributed by atoms with Gasteiger partial charge in [0, 0.05) is 12.4 Å². The van der Waals surface area contributed by atoms with Crippen molar-refractivity contribution in [2.45, 2.75) is 12.8 Å². The maximum atomic E-state index is 10.1. The summed E-state index contributed by atoms with van der Waals surface area (Å²) in [6.45, 7) is -0.0150. The first kappa shape index (κ1) is 12.8. The third-order valence-electron chi connectivity index (χ3n) is 1.66. The Morgan fingerprint density at radius 2 is 2.00 bits per heavy atom. The number of aromatic nitrogens is 2. The van der Waals surface area contributed by atoms with Crippen LogP contribution in [-0.4, -0.2) is 39.4 Å². The van der Waals surface area contributed by atoms with Crippen LogP contribution < -0.4 is 0 Å². The Kier molecular flexibility index (Phi) is 4.74. The molecule has 0 amide bonds. The van der Waals surface area contributed by atoms with Crippen molar-refractivity contribution >= 4 is 17.7 Å². The molecule has 0 aliphatic carbocycles. The highest BCUT2D eigenvalue weighted by Crippen LogP contribution is 1.97. The van der Waals surface area contributed by atoms with E-state index in [1.807, 2.05) is 0 Å². The van der Waals surface area contributed by atoms with E-state index in [9.17, 15) is 14.4 Å². The molecule has 1 aliphatic heterocycles. The molecule has 0 bridgehead atoms. The number of ketones is 1. The summed E-state index contributed by atoms with van der Waals surface area (Å²) in [6, 6.07) is 1.64. The highest BCUT2D eigenvalue weighted by Gasteiger charge is 2.18. The number of carbonyl (C=O) groups excluding carboxylic acids is 2. The minimum atomic E-state index is -0.911. The van der Waals surface area contributed by atoms with E-state index in [1.165, 1.54) is 12.4 Å². The molecule has 0 unspecified atom stereocenters. The minimum absolute atomic E-state index is 0.0150. The number of carbonyl (C=O) groups is 3. The van der Waals surface area contributed by atoms with Crippen LogP contribution >= 0.6 is 0 Å². The standard InChI is InChI=1S/C6H6N2O2.C4H4O3/c9-6(10)4-5-7-2-1-3-8-5;5-3-1-4(6)7-2-3/h1-3H,4H2,(H,9,10);1-2H2. The van der Waals surface area contributed by atoms with Gasteiger partial charge in [0.15, 0.2) is 12.4 Å². The molecule has 1 N–H and O–H groups in total. The molecule has 7 nitrogen and oxygen atoms in total. The van der Waals surface area contributed by atoms with Gasteiger partial charge in [0.2, 0.25) is 0 Å². The number of nitrogens with zero attached hydrogens (tertiary/aromatic N) is 2. The van der Waals surface area contributed by atoms with E-state index in [1.54, 1.807) is 6.07 Å². The van der Waals surface area contributed by atoms with Crippen molar-refractivity contribution in [2.75, 3.05) is 6.61 Å². The van der Waals surface area contributed by atoms with Crippen LogP contribution in [0, 0.1) is 0 Å². The van der Waals surface area contributed by atoms with Gasteiger partial charge in [-0.2, -0.15) is 0 Å². The van der Waals surface area contributed by atoms with Crippen LogP contribution in [-0.2, 0) is 25.5 Å². The third-order valence-corrected chi connectivity index (χ3v) is 1.66. The van der Waals surface area contributed by atoms with Crippen LogP contribution in [0.3, 0.4) is 0 Å². The maximum Gasteiger partial charge on any atom is 0.313 e. The van der Waals surface area contributed by atoms with Gasteiger partial charge in [-0.15, -0.1) is 0 Å². The van der Waals surface area contributed by atoms with E-state index < -0.39 is 11.9 Å². The summed E-state index contributed by atoms with van der Waals surface area (Å²) in [4.78, 5) is 37.7. The number of hydrogen-bond acceptors (Lipinski definition) is 6. The Labute approximate surface area is 96.5 Å². The van der Waals surface area contributed by atoms with Crippen molar-refractivity contribution in [3.63, 3.8) is 0 Å². The summed E-state index contributed by atoms with van der Waals surface area (Å²) < 4.78 is 4.28. The number of ether oxygens (including phenoxy) is 1. The van der Waals surface area contributed by atoms with Gasteiger partial charge < -0.3 is 9.84 Å². The van der Waals surface area contributed by atoms with Crippen LogP contribution in [0.15, 0.2) is 18.5 Å². The van der Waals surface area contributed by atoms with E-state index in [0.29, 0.717) is 5.82 Å². The molecule has 90 valence electrons. The highest BCUT2D eigenvalue weighted by atomic mass is 16.5. The number of carboxylic acids is 1. The zero-order chi connectivity index (χ0) is 12.7. The summed E-state index contributed by atoms with van der Waals surface area (Å²) in [7, 11) is 0. The van der Waals surface area contributed by atoms with Gasteiger partial charge in [-0.1, -0.05) is 0 Å². The summed E-state index contributed by atoms with van der Waals surface area (Å²) in [5, 5.41) is 8.29. The lowest BCUT2D eigenvalue weighted by Crippen LogP contribution is -2.03. The van der Waals surface area contributed by atoms with Crippen LogP contribution in [0.2, 0.25) is 0 Å². The Morgan fingerprint density at radius 1 is 1.35 bits per heavy atom. The van der Waals surface area contributed by atoms with Gasteiger partial charge in [0.05, 0.1) is 0 Å². The fourth-order valence-corrected chi connectivity index (χ4v) is 0.981. The van der Waals surface area contributed by atoms with Gasteiger partial charge >= 0.3 is 11.9 Å². The average molecular weight is 238 g/mol. The van der Waals surface area contributed by atoms with Crippen LogP contribution in [0.1, 0.15) is 12.2 Å². The Hall–Kier alpha value is -2.31. The molecule has 0 spiro atoms. The van der Waals surface area contributed by atoms with Gasteiger partial charge in [-0.05, 0) is 6.07 Å². The fourth-order valence-electron chi connectivity index (χ4n) is 0.981. The van der Waals surface area contributed by atoms with E-state index >= 15 is 0 Å². The molecule has 1 aromatic heterocycles. The number of esters is 1. The third kappa shape index (κ3) is 5.36. The maximum absolute atomic E-state index is 10.1. The fraction of sp³-hybridized carbons (Fsp3) is 0.300. The van der Waals surface area contributed by atoms with Crippen LogP contribution in [0.4, 0.5) is 0 Å². The van der Waals surface area contributed by atoms with Gasteiger partial charge in [-0.25, -0.2) is 9.97 Å².